The van der Waals surface area contributed by atoms with Crippen LogP contribution in [0, 0.1) is 0 Å². The predicted molar refractivity (Wildman–Crippen MR) is 86.7 cm³/mol. The normalized spacial score (nSPS) is 24.8. The number of piperidine rings is 1. The van der Waals surface area contributed by atoms with E-state index in [-0.39, 0.29) is 0 Å². The van der Waals surface area contributed by atoms with E-state index < -0.39 is 0 Å². The van der Waals surface area contributed by atoms with E-state index in [1.165, 1.54) is 83.6 Å². The van der Waals surface area contributed by atoms with Crippen molar-refractivity contribution < 1.29 is 0 Å². The summed E-state index contributed by atoms with van der Waals surface area (Å²) < 4.78 is 0. The molecule has 1 fully saturated rings. The highest BCUT2D eigenvalue weighted by Crippen LogP contribution is 2.23. The standard InChI is InChI=1S/C18H37N/c1-4-5-6-7-8-9-10-11-12-16-19-17(2)14-13-15-18(19)3/h17-18H,4-16H2,1-3H3. The molecule has 0 spiro atoms. The van der Waals surface area contributed by atoms with Gasteiger partial charge < -0.3 is 0 Å². The third kappa shape index (κ3) is 7.34. The van der Waals surface area contributed by atoms with E-state index >= 15 is 0 Å². The second kappa shape index (κ2) is 10.7. The van der Waals surface area contributed by atoms with Gasteiger partial charge in [-0.1, -0.05) is 64.7 Å². The Labute approximate surface area is 122 Å². The second-order valence-electron chi connectivity index (χ2n) is 6.70. The molecule has 1 saturated heterocycles. The fourth-order valence-corrected chi connectivity index (χ4v) is 3.52. The molecule has 1 aliphatic rings. The Morgan fingerprint density at radius 2 is 1.21 bits per heavy atom. The number of rotatable bonds is 10. The van der Waals surface area contributed by atoms with Crippen LogP contribution in [0.1, 0.15) is 97.8 Å². The van der Waals surface area contributed by atoms with Gasteiger partial charge in [0.2, 0.25) is 0 Å². The first-order chi connectivity index (χ1) is 9.25. The Balaban J connectivity index is 1.92. The average Bonchev–Trinajstić information content (AvgIpc) is 2.40. The van der Waals surface area contributed by atoms with E-state index in [2.05, 4.69) is 25.7 Å². The first kappa shape index (κ1) is 17.0. The fraction of sp³-hybridized carbons (Fsp3) is 1.00. The van der Waals surface area contributed by atoms with Gasteiger partial charge in [0.25, 0.3) is 0 Å². The highest BCUT2D eigenvalue weighted by molar-refractivity contribution is 4.79. The smallest absolute Gasteiger partial charge is 0.00697 e. The molecule has 19 heavy (non-hydrogen) atoms. The lowest BCUT2D eigenvalue weighted by atomic mass is 9.97. The topological polar surface area (TPSA) is 3.24 Å². The molecular weight excluding hydrogens is 230 g/mol. The van der Waals surface area contributed by atoms with Gasteiger partial charge in [0.05, 0.1) is 0 Å². The molecular formula is C18H37N. The molecule has 0 bridgehead atoms. The molecule has 0 saturated carbocycles. The van der Waals surface area contributed by atoms with E-state index in [0.29, 0.717) is 0 Å². The minimum atomic E-state index is 0.831. The van der Waals surface area contributed by atoms with Crippen molar-refractivity contribution in [1.82, 2.24) is 4.90 Å². The first-order valence-corrected chi connectivity index (χ1v) is 9.01. The Hall–Kier alpha value is -0.0400. The molecule has 0 radical (unpaired) electrons. The summed E-state index contributed by atoms with van der Waals surface area (Å²) in [6, 6.07) is 1.66. The molecule has 0 aromatic rings. The molecule has 114 valence electrons. The molecule has 0 aliphatic carbocycles. The summed E-state index contributed by atoms with van der Waals surface area (Å²) in [6.45, 7) is 8.48. The van der Waals surface area contributed by atoms with Crippen LogP contribution in [0.2, 0.25) is 0 Å². The molecule has 1 aliphatic heterocycles. The monoisotopic (exact) mass is 267 g/mol. The Bertz CT molecular complexity index is 192. The molecule has 2 unspecified atom stereocenters. The number of nitrogens with zero attached hydrogens (tertiary/aromatic N) is 1. The summed E-state index contributed by atoms with van der Waals surface area (Å²) in [6.07, 6.45) is 17.3. The van der Waals surface area contributed by atoms with Crippen molar-refractivity contribution in [3.8, 4) is 0 Å². The van der Waals surface area contributed by atoms with Gasteiger partial charge in [0, 0.05) is 12.1 Å². The lowest BCUT2D eigenvalue weighted by molar-refractivity contribution is 0.101. The van der Waals surface area contributed by atoms with Crippen LogP contribution in [-0.2, 0) is 0 Å². The van der Waals surface area contributed by atoms with Crippen molar-refractivity contribution in [1.29, 1.82) is 0 Å². The Morgan fingerprint density at radius 3 is 1.74 bits per heavy atom. The van der Waals surface area contributed by atoms with Crippen LogP contribution in [0.25, 0.3) is 0 Å². The van der Waals surface area contributed by atoms with Crippen LogP contribution in [0.3, 0.4) is 0 Å². The highest BCUT2D eigenvalue weighted by atomic mass is 15.2. The molecule has 0 aromatic carbocycles. The minimum Gasteiger partial charge on any atom is -0.298 e. The number of unbranched alkanes of at least 4 members (excludes halogenated alkanes) is 8. The lowest BCUT2D eigenvalue weighted by Crippen LogP contribution is -2.44. The molecule has 2 atom stereocenters. The molecule has 0 N–H and O–H groups in total. The van der Waals surface area contributed by atoms with E-state index in [4.69, 9.17) is 0 Å². The molecule has 1 heterocycles. The van der Waals surface area contributed by atoms with Gasteiger partial charge in [-0.05, 0) is 39.7 Å². The zero-order valence-corrected chi connectivity index (χ0v) is 13.8. The summed E-state index contributed by atoms with van der Waals surface area (Å²) in [5.74, 6) is 0. The quantitative estimate of drug-likeness (QED) is 0.453. The predicted octanol–water partition coefficient (Wildman–Crippen LogP) is 5.78. The van der Waals surface area contributed by atoms with Crippen LogP contribution in [0.4, 0.5) is 0 Å². The van der Waals surface area contributed by atoms with Crippen molar-refractivity contribution in [3.63, 3.8) is 0 Å². The van der Waals surface area contributed by atoms with Crippen LogP contribution in [0.5, 0.6) is 0 Å². The van der Waals surface area contributed by atoms with E-state index in [0.717, 1.165) is 12.1 Å². The van der Waals surface area contributed by atoms with Crippen molar-refractivity contribution in [3.05, 3.63) is 0 Å². The Morgan fingerprint density at radius 1 is 0.737 bits per heavy atom. The summed E-state index contributed by atoms with van der Waals surface area (Å²) in [4.78, 5) is 2.75. The van der Waals surface area contributed by atoms with Crippen LogP contribution in [-0.4, -0.2) is 23.5 Å². The minimum absolute atomic E-state index is 0.831. The summed E-state index contributed by atoms with van der Waals surface area (Å²) in [5.41, 5.74) is 0. The number of hydrogen-bond acceptors (Lipinski definition) is 1. The average molecular weight is 268 g/mol. The van der Waals surface area contributed by atoms with Gasteiger partial charge in [-0.3, -0.25) is 4.90 Å². The van der Waals surface area contributed by atoms with E-state index in [1.54, 1.807) is 0 Å². The molecule has 1 heteroatoms. The fourth-order valence-electron chi connectivity index (χ4n) is 3.52. The zero-order chi connectivity index (χ0) is 13.9. The maximum absolute atomic E-state index is 2.75. The van der Waals surface area contributed by atoms with Gasteiger partial charge in [0.1, 0.15) is 0 Å². The van der Waals surface area contributed by atoms with Gasteiger partial charge in [-0.2, -0.15) is 0 Å². The van der Waals surface area contributed by atoms with Gasteiger partial charge in [-0.25, -0.2) is 0 Å². The summed E-state index contributed by atoms with van der Waals surface area (Å²) in [7, 11) is 0. The van der Waals surface area contributed by atoms with Gasteiger partial charge in [0.15, 0.2) is 0 Å². The van der Waals surface area contributed by atoms with Crippen molar-refractivity contribution >= 4 is 0 Å². The van der Waals surface area contributed by atoms with Crippen LogP contribution >= 0.6 is 0 Å². The van der Waals surface area contributed by atoms with Gasteiger partial charge >= 0.3 is 0 Å². The molecule has 1 nitrogen and oxygen atoms in total. The molecule has 0 aromatic heterocycles. The van der Waals surface area contributed by atoms with Gasteiger partial charge in [-0.15, -0.1) is 0 Å². The molecule has 1 rings (SSSR count). The van der Waals surface area contributed by atoms with Crippen molar-refractivity contribution in [2.45, 2.75) is 110 Å². The highest BCUT2D eigenvalue weighted by Gasteiger charge is 2.23. The van der Waals surface area contributed by atoms with Crippen LogP contribution in [0.15, 0.2) is 0 Å². The van der Waals surface area contributed by atoms with E-state index in [9.17, 15) is 0 Å². The SMILES string of the molecule is CCCCCCCCCCCN1C(C)CCCC1C. The maximum Gasteiger partial charge on any atom is 0.00697 e. The maximum atomic E-state index is 2.75. The van der Waals surface area contributed by atoms with Crippen molar-refractivity contribution in [2.75, 3.05) is 6.54 Å². The van der Waals surface area contributed by atoms with Crippen molar-refractivity contribution in [2.24, 2.45) is 0 Å². The number of hydrogen-bond donors (Lipinski definition) is 0. The Kier molecular flexibility index (Phi) is 9.59. The largest absolute Gasteiger partial charge is 0.298 e. The third-order valence-corrected chi connectivity index (χ3v) is 4.90. The first-order valence-electron chi connectivity index (χ1n) is 9.01. The van der Waals surface area contributed by atoms with Crippen LogP contribution < -0.4 is 0 Å². The third-order valence-electron chi connectivity index (χ3n) is 4.90. The summed E-state index contributed by atoms with van der Waals surface area (Å²) >= 11 is 0. The molecule has 0 amide bonds. The number of likely N-dealkylation sites (tertiary alicyclic amines) is 1. The lowest BCUT2D eigenvalue weighted by Gasteiger charge is -2.39. The second-order valence-corrected chi connectivity index (χ2v) is 6.70. The zero-order valence-electron chi connectivity index (χ0n) is 13.8. The van der Waals surface area contributed by atoms with E-state index in [1.807, 2.05) is 0 Å². The summed E-state index contributed by atoms with van der Waals surface area (Å²) in [5, 5.41) is 0.